The Balaban J connectivity index is 1.66. The predicted molar refractivity (Wildman–Crippen MR) is 105 cm³/mol. The molecule has 7 heteroatoms. The molecule has 1 aromatic heterocycles. The number of aromatic nitrogens is 1. The Hall–Kier alpha value is -2.76. The van der Waals surface area contributed by atoms with E-state index in [0.717, 1.165) is 5.69 Å². The largest absolute Gasteiger partial charge is 0.495 e. The highest BCUT2D eigenvalue weighted by atomic mass is 35.5. The van der Waals surface area contributed by atoms with E-state index in [-0.39, 0.29) is 5.91 Å². The van der Waals surface area contributed by atoms with Crippen LogP contribution in [-0.4, -0.2) is 18.0 Å². The number of hydrogen-bond acceptors (Lipinski definition) is 4. The van der Waals surface area contributed by atoms with Crippen molar-refractivity contribution >= 4 is 46.3 Å². The molecule has 3 rings (SSSR count). The summed E-state index contributed by atoms with van der Waals surface area (Å²) in [4.78, 5) is 16.6. The van der Waals surface area contributed by atoms with E-state index >= 15 is 0 Å². The average molecular weight is 388 g/mol. The van der Waals surface area contributed by atoms with Gasteiger partial charge in [-0.2, -0.15) is 0 Å². The van der Waals surface area contributed by atoms with Crippen molar-refractivity contribution in [1.29, 1.82) is 0 Å². The van der Waals surface area contributed by atoms with E-state index in [1.54, 1.807) is 42.5 Å². The Kier molecular flexibility index (Phi) is 5.61. The van der Waals surface area contributed by atoms with E-state index < -0.39 is 0 Å². The van der Waals surface area contributed by atoms with Crippen LogP contribution in [0.5, 0.6) is 5.75 Å². The molecule has 3 aromatic rings. The van der Waals surface area contributed by atoms with Crippen molar-refractivity contribution in [2.24, 2.45) is 0 Å². The minimum atomic E-state index is -0.281. The van der Waals surface area contributed by atoms with Crippen molar-refractivity contribution in [2.45, 2.75) is 0 Å². The summed E-state index contributed by atoms with van der Waals surface area (Å²) in [5, 5.41) is 6.99. The van der Waals surface area contributed by atoms with Crippen LogP contribution in [0.25, 0.3) is 0 Å². The zero-order valence-electron chi connectivity index (χ0n) is 13.8. The average Bonchev–Trinajstić information content (AvgIpc) is 2.64. The van der Waals surface area contributed by atoms with Gasteiger partial charge >= 0.3 is 0 Å². The monoisotopic (exact) mass is 387 g/mol. The van der Waals surface area contributed by atoms with Gasteiger partial charge in [-0.3, -0.25) is 4.79 Å². The number of pyridine rings is 1. The van der Waals surface area contributed by atoms with Gasteiger partial charge in [-0.05, 0) is 54.6 Å². The van der Waals surface area contributed by atoms with Crippen LogP contribution in [-0.2, 0) is 0 Å². The van der Waals surface area contributed by atoms with E-state index in [1.807, 2.05) is 12.1 Å². The number of nitrogens with zero attached hydrogens (tertiary/aromatic N) is 1. The van der Waals surface area contributed by atoms with Crippen LogP contribution >= 0.6 is 23.2 Å². The number of hydrogen-bond donors (Lipinski definition) is 2. The second-order valence-electron chi connectivity index (χ2n) is 5.37. The molecule has 1 heterocycles. The van der Waals surface area contributed by atoms with Crippen LogP contribution in [0.15, 0.2) is 60.8 Å². The van der Waals surface area contributed by atoms with Crippen molar-refractivity contribution in [2.75, 3.05) is 17.7 Å². The normalized spacial score (nSPS) is 10.3. The van der Waals surface area contributed by atoms with Crippen LogP contribution in [0.2, 0.25) is 10.0 Å². The van der Waals surface area contributed by atoms with Crippen LogP contribution in [0.1, 0.15) is 10.4 Å². The number of anilines is 3. The highest BCUT2D eigenvalue weighted by Crippen LogP contribution is 2.27. The number of carbonyl (C=O) groups is 1. The number of halogens is 2. The lowest BCUT2D eigenvalue weighted by atomic mass is 10.2. The fraction of sp³-hybridized carbons (Fsp3) is 0.0526. The van der Waals surface area contributed by atoms with Gasteiger partial charge in [0, 0.05) is 22.6 Å². The maximum absolute atomic E-state index is 12.3. The summed E-state index contributed by atoms with van der Waals surface area (Å²) in [7, 11) is 1.53. The molecule has 0 aliphatic heterocycles. The molecule has 0 spiro atoms. The molecule has 2 N–H and O–H groups in total. The van der Waals surface area contributed by atoms with Crippen molar-refractivity contribution in [3.63, 3.8) is 0 Å². The third-order valence-electron chi connectivity index (χ3n) is 3.55. The van der Waals surface area contributed by atoms with Gasteiger partial charge in [-0.15, -0.1) is 0 Å². The third-order valence-corrected chi connectivity index (χ3v) is 4.10. The van der Waals surface area contributed by atoms with Gasteiger partial charge in [0.25, 0.3) is 5.91 Å². The van der Waals surface area contributed by atoms with Gasteiger partial charge < -0.3 is 15.4 Å². The van der Waals surface area contributed by atoms with Crippen molar-refractivity contribution in [3.05, 3.63) is 76.4 Å². The molecule has 0 radical (unpaired) electrons. The molecule has 2 aromatic carbocycles. The number of ether oxygens (including phenoxy) is 1. The molecule has 0 aliphatic carbocycles. The van der Waals surface area contributed by atoms with E-state index in [0.29, 0.717) is 32.9 Å². The van der Waals surface area contributed by atoms with Gasteiger partial charge in [-0.1, -0.05) is 23.2 Å². The van der Waals surface area contributed by atoms with Crippen molar-refractivity contribution in [1.82, 2.24) is 4.98 Å². The molecule has 0 fully saturated rings. The van der Waals surface area contributed by atoms with Gasteiger partial charge in [-0.25, -0.2) is 4.98 Å². The first-order chi connectivity index (χ1) is 12.5. The summed E-state index contributed by atoms with van der Waals surface area (Å²) in [5.74, 6) is 0.886. The molecule has 0 bridgehead atoms. The third kappa shape index (κ3) is 4.45. The SMILES string of the molecule is COc1ccc(NC(=O)c2ccc(Nc3ccc(Cl)cc3)nc2)cc1Cl. The van der Waals surface area contributed by atoms with Crippen LogP contribution in [0.3, 0.4) is 0 Å². The zero-order chi connectivity index (χ0) is 18.5. The Labute approximate surface area is 160 Å². The molecule has 1 amide bonds. The minimum Gasteiger partial charge on any atom is -0.495 e. The highest BCUT2D eigenvalue weighted by Gasteiger charge is 2.09. The van der Waals surface area contributed by atoms with E-state index in [1.165, 1.54) is 13.3 Å². The number of benzene rings is 2. The maximum atomic E-state index is 12.3. The standard InChI is InChI=1S/C19H15Cl2N3O2/c1-26-17-8-7-15(10-16(17)21)24-19(25)12-2-9-18(22-11-12)23-14-5-3-13(20)4-6-14/h2-11H,1H3,(H,22,23)(H,24,25). The van der Waals surface area contributed by atoms with Crippen LogP contribution in [0, 0.1) is 0 Å². The van der Waals surface area contributed by atoms with Gasteiger partial charge in [0.15, 0.2) is 0 Å². The number of methoxy groups -OCH3 is 1. The van der Waals surface area contributed by atoms with Crippen LogP contribution < -0.4 is 15.4 Å². The molecule has 132 valence electrons. The molecule has 0 aliphatic rings. The number of carbonyl (C=O) groups excluding carboxylic acids is 1. The Morgan fingerprint density at radius 3 is 2.35 bits per heavy atom. The lowest BCUT2D eigenvalue weighted by Gasteiger charge is -2.09. The van der Waals surface area contributed by atoms with E-state index in [9.17, 15) is 4.79 Å². The number of rotatable bonds is 5. The fourth-order valence-electron chi connectivity index (χ4n) is 2.23. The zero-order valence-corrected chi connectivity index (χ0v) is 15.3. The summed E-state index contributed by atoms with van der Waals surface area (Å²) in [6.07, 6.45) is 1.50. The summed E-state index contributed by atoms with van der Waals surface area (Å²) in [6.45, 7) is 0. The van der Waals surface area contributed by atoms with Gasteiger partial charge in [0.05, 0.1) is 17.7 Å². The Morgan fingerprint density at radius 2 is 1.73 bits per heavy atom. The van der Waals surface area contributed by atoms with Crippen LogP contribution in [0.4, 0.5) is 17.2 Å². The lowest BCUT2D eigenvalue weighted by molar-refractivity contribution is 0.102. The Morgan fingerprint density at radius 1 is 1.00 bits per heavy atom. The quantitative estimate of drug-likeness (QED) is 0.615. The fourth-order valence-corrected chi connectivity index (χ4v) is 2.61. The molecule has 0 saturated heterocycles. The van der Waals surface area contributed by atoms with Gasteiger partial charge in [0.1, 0.15) is 11.6 Å². The number of amides is 1. The summed E-state index contributed by atoms with van der Waals surface area (Å²) in [6, 6.07) is 15.7. The summed E-state index contributed by atoms with van der Waals surface area (Å²) < 4.78 is 5.09. The predicted octanol–water partition coefficient (Wildman–Crippen LogP) is 5.39. The summed E-state index contributed by atoms with van der Waals surface area (Å²) >= 11 is 11.9. The molecule has 5 nitrogen and oxygen atoms in total. The molecular weight excluding hydrogens is 373 g/mol. The Bertz CT molecular complexity index is 913. The second-order valence-corrected chi connectivity index (χ2v) is 6.21. The first-order valence-corrected chi connectivity index (χ1v) is 8.44. The second kappa shape index (κ2) is 8.08. The molecule has 26 heavy (non-hydrogen) atoms. The lowest BCUT2D eigenvalue weighted by Crippen LogP contribution is -2.12. The van der Waals surface area contributed by atoms with Crippen molar-refractivity contribution in [3.8, 4) is 5.75 Å². The first-order valence-electron chi connectivity index (χ1n) is 7.69. The van der Waals surface area contributed by atoms with E-state index in [2.05, 4.69) is 15.6 Å². The highest BCUT2D eigenvalue weighted by molar-refractivity contribution is 6.32. The molecular formula is C19H15Cl2N3O2. The molecule has 0 atom stereocenters. The van der Waals surface area contributed by atoms with E-state index in [4.69, 9.17) is 27.9 Å². The van der Waals surface area contributed by atoms with Gasteiger partial charge in [0.2, 0.25) is 0 Å². The topological polar surface area (TPSA) is 63.2 Å². The van der Waals surface area contributed by atoms with Crippen molar-refractivity contribution < 1.29 is 9.53 Å². The smallest absolute Gasteiger partial charge is 0.257 e. The molecule has 0 saturated carbocycles. The summed E-state index contributed by atoms with van der Waals surface area (Å²) in [5.41, 5.74) is 1.86. The first kappa shape index (κ1) is 18.0. The maximum Gasteiger partial charge on any atom is 0.257 e. The number of nitrogens with one attached hydrogen (secondary N) is 2. The molecule has 0 unspecified atom stereocenters. The minimum absolute atomic E-state index is 0.281.